The molecular formula is C33H49BrSi. The SMILES string of the molecule is C#Cc1ccc(-c2ccc(CC(CCCCCC)CCCCCCCC)cc2)c([Si](C)(C)C)c1Br. The molecule has 0 aliphatic rings. The van der Waals surface area contributed by atoms with Gasteiger partial charge in [0.1, 0.15) is 0 Å². The van der Waals surface area contributed by atoms with Crippen LogP contribution in [0.25, 0.3) is 11.1 Å². The van der Waals surface area contributed by atoms with Crippen molar-refractivity contribution in [2.45, 2.75) is 117 Å². The van der Waals surface area contributed by atoms with Gasteiger partial charge in [0.2, 0.25) is 0 Å². The minimum absolute atomic E-state index is 0.825. The highest BCUT2D eigenvalue weighted by Crippen LogP contribution is 2.29. The molecule has 0 saturated heterocycles. The monoisotopic (exact) mass is 552 g/mol. The molecule has 2 aromatic rings. The molecule has 1 atom stereocenters. The van der Waals surface area contributed by atoms with Gasteiger partial charge in [-0.05, 0) is 56.2 Å². The lowest BCUT2D eigenvalue weighted by Gasteiger charge is -2.24. The smallest absolute Gasteiger partial charge is 0.0799 e. The van der Waals surface area contributed by atoms with E-state index in [1.165, 1.54) is 105 Å². The van der Waals surface area contributed by atoms with E-state index < -0.39 is 8.07 Å². The van der Waals surface area contributed by atoms with Crippen LogP contribution in [0.1, 0.15) is 102 Å². The zero-order valence-electron chi connectivity index (χ0n) is 23.2. The molecule has 0 radical (unpaired) electrons. The Bertz CT molecular complexity index is 914. The number of rotatable bonds is 16. The molecule has 2 rings (SSSR count). The van der Waals surface area contributed by atoms with Gasteiger partial charge in [-0.2, -0.15) is 0 Å². The van der Waals surface area contributed by atoms with Crippen molar-refractivity contribution in [2.75, 3.05) is 0 Å². The van der Waals surface area contributed by atoms with Crippen LogP contribution in [-0.2, 0) is 6.42 Å². The average Bonchev–Trinajstić information content (AvgIpc) is 2.83. The zero-order chi connectivity index (χ0) is 25.7. The lowest BCUT2D eigenvalue weighted by atomic mass is 9.88. The van der Waals surface area contributed by atoms with Crippen molar-refractivity contribution in [1.29, 1.82) is 0 Å². The fourth-order valence-electron chi connectivity index (χ4n) is 5.24. The van der Waals surface area contributed by atoms with E-state index in [9.17, 15) is 0 Å². The van der Waals surface area contributed by atoms with Crippen molar-refractivity contribution in [2.24, 2.45) is 5.92 Å². The molecule has 1 unspecified atom stereocenters. The number of hydrogen-bond donors (Lipinski definition) is 0. The van der Waals surface area contributed by atoms with E-state index in [1.807, 2.05) is 0 Å². The molecule has 0 fully saturated rings. The van der Waals surface area contributed by atoms with Gasteiger partial charge < -0.3 is 0 Å². The third-order valence-corrected chi connectivity index (χ3v) is 10.5. The van der Waals surface area contributed by atoms with Crippen molar-refractivity contribution in [3.63, 3.8) is 0 Å². The van der Waals surface area contributed by atoms with Gasteiger partial charge in [-0.25, -0.2) is 0 Å². The van der Waals surface area contributed by atoms with Crippen LogP contribution in [0, 0.1) is 18.3 Å². The fourth-order valence-corrected chi connectivity index (χ4v) is 9.31. The second kappa shape index (κ2) is 15.7. The molecule has 35 heavy (non-hydrogen) atoms. The summed E-state index contributed by atoms with van der Waals surface area (Å²) in [6.45, 7) is 11.8. The third kappa shape index (κ3) is 9.93. The highest BCUT2D eigenvalue weighted by Gasteiger charge is 2.25. The summed E-state index contributed by atoms with van der Waals surface area (Å²) in [6.07, 6.45) is 23.6. The van der Waals surface area contributed by atoms with Gasteiger partial charge in [-0.1, -0.05) is 147 Å². The van der Waals surface area contributed by atoms with Gasteiger partial charge in [0.15, 0.2) is 0 Å². The Kier molecular flexibility index (Phi) is 13.4. The lowest BCUT2D eigenvalue weighted by Crippen LogP contribution is -2.40. The highest BCUT2D eigenvalue weighted by atomic mass is 79.9. The standard InChI is InChI=1S/C33H49BrSi/c1-7-10-12-14-15-17-19-27(18-16-13-11-8-2)26-28-20-22-30(23-21-28)31-25-24-29(9-3)32(34)33(31)35(4,5)6/h3,20-25,27H,7-8,10-19,26H2,1-2,4-6H3. The molecule has 0 N–H and O–H groups in total. The quantitative estimate of drug-likeness (QED) is 0.110. The van der Waals surface area contributed by atoms with E-state index >= 15 is 0 Å². The van der Waals surface area contributed by atoms with Crippen molar-refractivity contribution >= 4 is 29.2 Å². The van der Waals surface area contributed by atoms with E-state index in [-0.39, 0.29) is 0 Å². The summed E-state index contributed by atoms with van der Waals surface area (Å²) in [5, 5.41) is 1.43. The summed E-state index contributed by atoms with van der Waals surface area (Å²) in [7, 11) is -1.58. The van der Waals surface area contributed by atoms with Crippen LogP contribution in [0.5, 0.6) is 0 Å². The predicted molar refractivity (Wildman–Crippen MR) is 164 cm³/mol. The Morgan fingerprint density at radius 2 is 1.31 bits per heavy atom. The van der Waals surface area contributed by atoms with E-state index in [0.717, 1.165) is 16.0 Å². The predicted octanol–water partition coefficient (Wildman–Crippen LogP) is 10.5. The van der Waals surface area contributed by atoms with Gasteiger partial charge in [0.05, 0.1) is 8.07 Å². The molecule has 0 aliphatic heterocycles. The molecule has 2 aromatic carbocycles. The van der Waals surface area contributed by atoms with Crippen molar-refractivity contribution < 1.29 is 0 Å². The lowest BCUT2D eigenvalue weighted by molar-refractivity contribution is 0.402. The highest BCUT2D eigenvalue weighted by molar-refractivity contribution is 9.10. The number of terminal acetylenes is 1. The minimum atomic E-state index is -1.58. The second-order valence-corrected chi connectivity index (χ2v) is 17.2. The molecule has 0 heterocycles. The largest absolute Gasteiger partial charge is 0.115 e. The maximum absolute atomic E-state index is 5.77. The maximum Gasteiger partial charge on any atom is 0.0799 e. The van der Waals surface area contributed by atoms with Gasteiger partial charge in [0, 0.05) is 10.0 Å². The van der Waals surface area contributed by atoms with Gasteiger partial charge >= 0.3 is 0 Å². The third-order valence-electron chi connectivity index (χ3n) is 7.27. The van der Waals surface area contributed by atoms with Crippen molar-refractivity contribution in [3.8, 4) is 23.5 Å². The van der Waals surface area contributed by atoms with Crippen LogP contribution < -0.4 is 5.19 Å². The van der Waals surface area contributed by atoms with Crippen molar-refractivity contribution in [1.82, 2.24) is 0 Å². The second-order valence-electron chi connectivity index (χ2n) is 11.4. The van der Waals surface area contributed by atoms with Crippen molar-refractivity contribution in [3.05, 3.63) is 52.0 Å². The van der Waals surface area contributed by atoms with E-state index in [1.54, 1.807) is 0 Å². The van der Waals surface area contributed by atoms with Crippen LogP contribution in [0.3, 0.4) is 0 Å². The van der Waals surface area contributed by atoms with Gasteiger partial charge in [0.25, 0.3) is 0 Å². The first-order valence-corrected chi connectivity index (χ1v) is 18.5. The molecule has 0 saturated carbocycles. The fraction of sp³-hybridized carbons (Fsp3) is 0.576. The Morgan fingerprint density at radius 3 is 1.86 bits per heavy atom. The van der Waals surface area contributed by atoms with Crippen LogP contribution in [-0.4, -0.2) is 8.07 Å². The maximum atomic E-state index is 5.77. The number of hydrogen-bond acceptors (Lipinski definition) is 0. The summed E-state index contributed by atoms with van der Waals surface area (Å²) in [5.74, 6) is 3.67. The Balaban J connectivity index is 2.12. The van der Waals surface area contributed by atoms with Gasteiger partial charge in [-0.3, -0.25) is 0 Å². The Labute approximate surface area is 226 Å². The van der Waals surface area contributed by atoms with Crippen LogP contribution in [0.2, 0.25) is 19.6 Å². The number of halogens is 1. The molecule has 0 nitrogen and oxygen atoms in total. The first kappa shape index (κ1) is 29.9. The summed E-state index contributed by atoms with van der Waals surface area (Å²) < 4.78 is 1.12. The number of benzene rings is 2. The molecular weight excluding hydrogens is 504 g/mol. The minimum Gasteiger partial charge on any atom is -0.115 e. The van der Waals surface area contributed by atoms with Gasteiger partial charge in [-0.15, -0.1) is 6.42 Å². The molecule has 0 bridgehead atoms. The molecule has 0 spiro atoms. The molecule has 0 aromatic heterocycles. The average molecular weight is 554 g/mol. The number of unbranched alkanes of at least 4 members (excludes halogenated alkanes) is 8. The molecule has 2 heteroatoms. The van der Waals surface area contributed by atoms with Crippen LogP contribution in [0.4, 0.5) is 0 Å². The Morgan fingerprint density at radius 1 is 0.771 bits per heavy atom. The van der Waals surface area contributed by atoms with E-state index in [2.05, 4.69) is 91.7 Å². The summed E-state index contributed by atoms with van der Waals surface area (Å²) in [5.41, 5.74) is 5.10. The van der Waals surface area contributed by atoms with E-state index in [0.29, 0.717) is 0 Å². The summed E-state index contributed by atoms with van der Waals surface area (Å²) in [4.78, 5) is 0. The first-order valence-electron chi connectivity index (χ1n) is 14.2. The topological polar surface area (TPSA) is 0 Å². The molecule has 192 valence electrons. The zero-order valence-corrected chi connectivity index (χ0v) is 25.8. The summed E-state index contributed by atoms with van der Waals surface area (Å²) >= 11 is 3.84. The first-order chi connectivity index (χ1) is 16.8. The normalized spacial score (nSPS) is 12.5. The summed E-state index contributed by atoms with van der Waals surface area (Å²) in [6, 6.07) is 13.8. The van der Waals surface area contributed by atoms with Crippen LogP contribution >= 0.6 is 15.9 Å². The molecule has 0 amide bonds. The molecule has 0 aliphatic carbocycles. The Hall–Kier alpha value is -1.30. The van der Waals surface area contributed by atoms with E-state index in [4.69, 9.17) is 6.42 Å². The van der Waals surface area contributed by atoms with Crippen LogP contribution in [0.15, 0.2) is 40.9 Å².